The molecule has 0 spiro atoms. The number of hydrogen-bond acceptors (Lipinski definition) is 6. The van der Waals surface area contributed by atoms with E-state index in [-0.39, 0.29) is 5.75 Å². The Balaban J connectivity index is 1.36. The van der Waals surface area contributed by atoms with Gasteiger partial charge in [-0.1, -0.05) is 12.5 Å². The molecule has 3 heterocycles. The van der Waals surface area contributed by atoms with E-state index in [0.717, 1.165) is 29.6 Å². The minimum absolute atomic E-state index is 0.0907. The molecule has 7 nitrogen and oxygen atoms in total. The summed E-state index contributed by atoms with van der Waals surface area (Å²) >= 11 is 0. The minimum Gasteiger partial charge on any atom is -0.507 e. The van der Waals surface area contributed by atoms with Crippen molar-refractivity contribution >= 4 is 5.65 Å². The molecule has 1 aliphatic rings. The first-order valence-corrected chi connectivity index (χ1v) is 9.95. The molecular formula is C22H20FN5O2. The number of pyridine rings is 1. The van der Waals surface area contributed by atoms with Crippen molar-refractivity contribution in [3.8, 4) is 34.0 Å². The Morgan fingerprint density at radius 1 is 0.967 bits per heavy atom. The van der Waals surface area contributed by atoms with Gasteiger partial charge in [-0.15, -0.1) is 20.4 Å². The second kappa shape index (κ2) is 7.70. The Morgan fingerprint density at radius 3 is 2.63 bits per heavy atom. The third-order valence-corrected chi connectivity index (χ3v) is 5.44. The fraction of sp³-hybridized carbons (Fsp3) is 0.273. The van der Waals surface area contributed by atoms with E-state index in [0.29, 0.717) is 30.0 Å². The molecule has 0 radical (unpaired) electrons. The van der Waals surface area contributed by atoms with E-state index in [9.17, 15) is 9.50 Å². The van der Waals surface area contributed by atoms with Gasteiger partial charge in [-0.25, -0.2) is 4.39 Å². The number of aromatic nitrogens is 5. The average Bonchev–Trinajstić information content (AvgIpc) is 3.24. The van der Waals surface area contributed by atoms with Crippen molar-refractivity contribution in [3.63, 3.8) is 0 Å². The van der Waals surface area contributed by atoms with Crippen molar-refractivity contribution in [1.29, 1.82) is 0 Å². The van der Waals surface area contributed by atoms with Crippen molar-refractivity contribution in [1.82, 2.24) is 24.8 Å². The summed E-state index contributed by atoms with van der Waals surface area (Å²) in [5, 5.41) is 26.7. The molecule has 0 unspecified atom stereocenters. The third kappa shape index (κ3) is 3.56. The quantitative estimate of drug-likeness (QED) is 0.547. The number of phenolic OH excluding ortho intramolecular Hbond substituents is 1. The van der Waals surface area contributed by atoms with Crippen LogP contribution in [0.2, 0.25) is 0 Å². The maximum Gasteiger partial charge on any atom is 0.233 e. The Labute approximate surface area is 172 Å². The summed E-state index contributed by atoms with van der Waals surface area (Å²) in [6.45, 7) is 0. The third-order valence-electron chi connectivity index (χ3n) is 5.44. The molecule has 8 heteroatoms. The fourth-order valence-electron chi connectivity index (χ4n) is 3.79. The normalized spacial score (nSPS) is 19.1. The van der Waals surface area contributed by atoms with Crippen LogP contribution in [0.15, 0.2) is 55.0 Å². The van der Waals surface area contributed by atoms with Crippen LogP contribution in [0.3, 0.4) is 0 Å². The molecule has 30 heavy (non-hydrogen) atoms. The predicted octanol–water partition coefficient (Wildman–Crippen LogP) is 4.22. The number of phenols is 1. The number of hydrogen-bond donors (Lipinski definition) is 1. The maximum absolute atomic E-state index is 14.0. The zero-order chi connectivity index (χ0) is 20.5. The maximum atomic E-state index is 14.0. The van der Waals surface area contributed by atoms with Gasteiger partial charge in [-0.3, -0.25) is 4.40 Å². The van der Waals surface area contributed by atoms with E-state index in [1.807, 2.05) is 28.8 Å². The first-order chi connectivity index (χ1) is 14.7. The molecule has 1 fully saturated rings. The van der Waals surface area contributed by atoms with Gasteiger partial charge in [0.15, 0.2) is 5.65 Å². The lowest BCUT2D eigenvalue weighted by molar-refractivity contribution is 0.0594. The lowest BCUT2D eigenvalue weighted by Crippen LogP contribution is -2.32. The van der Waals surface area contributed by atoms with Crippen LogP contribution in [0.25, 0.3) is 28.0 Å². The largest absolute Gasteiger partial charge is 0.507 e. The van der Waals surface area contributed by atoms with Crippen molar-refractivity contribution in [2.24, 2.45) is 0 Å². The van der Waals surface area contributed by atoms with Crippen LogP contribution >= 0.6 is 0 Å². The van der Waals surface area contributed by atoms with Crippen LogP contribution in [-0.4, -0.2) is 42.2 Å². The minimum atomic E-state index is -0.964. The van der Waals surface area contributed by atoms with Gasteiger partial charge in [0.1, 0.15) is 24.4 Å². The first-order valence-electron chi connectivity index (χ1n) is 9.95. The molecular weight excluding hydrogens is 385 g/mol. The predicted molar refractivity (Wildman–Crippen MR) is 109 cm³/mol. The van der Waals surface area contributed by atoms with Crippen LogP contribution in [0.4, 0.5) is 4.39 Å². The van der Waals surface area contributed by atoms with Gasteiger partial charge in [0, 0.05) is 17.8 Å². The number of halogens is 1. The van der Waals surface area contributed by atoms with Gasteiger partial charge in [0.25, 0.3) is 0 Å². The van der Waals surface area contributed by atoms with Crippen LogP contribution in [-0.2, 0) is 0 Å². The standard InChI is InChI=1S/C22H20FN5O2/c23-17-3-1-2-4-20(17)30-22-8-7-18(25-27-22)16-6-5-14(11-19(16)29)15-9-10-28-13-24-26-21(28)12-15/h5-13,17,20,29H,1-4H2/t17-,20+/m1/s1. The van der Waals surface area contributed by atoms with Crippen molar-refractivity contribution < 1.29 is 14.2 Å². The molecule has 1 N–H and O–H groups in total. The molecule has 4 aromatic rings. The second-order valence-corrected chi connectivity index (χ2v) is 7.46. The van der Waals surface area contributed by atoms with E-state index >= 15 is 0 Å². The SMILES string of the molecule is Oc1cc(-c2ccn3cnnc3c2)ccc1-c1ccc(O[C@H]2CCCC[C@H]2F)nn1. The number of rotatable bonds is 4. The van der Waals surface area contributed by atoms with E-state index in [1.165, 1.54) is 0 Å². The van der Waals surface area contributed by atoms with Crippen molar-refractivity contribution in [2.75, 3.05) is 0 Å². The van der Waals surface area contributed by atoms with Gasteiger partial charge >= 0.3 is 0 Å². The molecule has 1 aliphatic carbocycles. The number of aromatic hydroxyl groups is 1. The topological polar surface area (TPSA) is 85.4 Å². The molecule has 152 valence electrons. The van der Waals surface area contributed by atoms with Gasteiger partial charge in [-0.05, 0) is 60.7 Å². The van der Waals surface area contributed by atoms with Gasteiger partial charge in [0.05, 0.1) is 5.69 Å². The summed E-state index contributed by atoms with van der Waals surface area (Å²) in [7, 11) is 0. The Hall–Kier alpha value is -3.55. The summed E-state index contributed by atoms with van der Waals surface area (Å²) < 4.78 is 21.4. The van der Waals surface area contributed by atoms with Crippen molar-refractivity contribution in [2.45, 2.75) is 38.0 Å². The van der Waals surface area contributed by atoms with E-state index in [1.54, 1.807) is 30.6 Å². The second-order valence-electron chi connectivity index (χ2n) is 7.46. The smallest absolute Gasteiger partial charge is 0.233 e. The van der Waals surface area contributed by atoms with Gasteiger partial charge in [-0.2, -0.15) is 0 Å². The molecule has 0 saturated heterocycles. The molecule has 3 aromatic heterocycles. The Kier molecular flexibility index (Phi) is 4.74. The average molecular weight is 405 g/mol. The Bertz CT molecular complexity index is 1180. The van der Waals surface area contributed by atoms with Crippen molar-refractivity contribution in [3.05, 3.63) is 55.0 Å². The number of ether oxygens (including phenoxy) is 1. The van der Waals surface area contributed by atoms with Crippen LogP contribution in [0.5, 0.6) is 11.6 Å². The van der Waals surface area contributed by atoms with Crippen LogP contribution < -0.4 is 4.74 Å². The zero-order valence-electron chi connectivity index (χ0n) is 16.1. The van der Waals surface area contributed by atoms with E-state index in [2.05, 4.69) is 20.4 Å². The summed E-state index contributed by atoms with van der Waals surface area (Å²) in [6, 6.07) is 12.6. The molecule has 2 atom stereocenters. The lowest BCUT2D eigenvalue weighted by Gasteiger charge is -2.25. The van der Waals surface area contributed by atoms with Crippen LogP contribution in [0, 0.1) is 0 Å². The van der Waals surface area contributed by atoms with Crippen LogP contribution in [0.1, 0.15) is 25.7 Å². The highest BCUT2D eigenvalue weighted by molar-refractivity contribution is 5.75. The molecule has 0 amide bonds. The molecule has 1 saturated carbocycles. The molecule has 1 aromatic carbocycles. The number of nitrogens with zero attached hydrogens (tertiary/aromatic N) is 5. The molecule has 0 bridgehead atoms. The summed E-state index contributed by atoms with van der Waals surface area (Å²) in [4.78, 5) is 0. The lowest BCUT2D eigenvalue weighted by atomic mass is 9.96. The van der Waals surface area contributed by atoms with Gasteiger partial charge < -0.3 is 9.84 Å². The number of alkyl halides is 1. The fourth-order valence-corrected chi connectivity index (χ4v) is 3.79. The molecule has 5 rings (SSSR count). The number of benzene rings is 1. The number of fused-ring (bicyclic) bond motifs is 1. The summed E-state index contributed by atoms with van der Waals surface area (Å²) in [6.07, 6.45) is 5.15. The van der Waals surface area contributed by atoms with Gasteiger partial charge in [0.2, 0.25) is 5.88 Å². The summed E-state index contributed by atoms with van der Waals surface area (Å²) in [5.41, 5.74) is 3.56. The highest BCUT2D eigenvalue weighted by Crippen LogP contribution is 2.33. The highest BCUT2D eigenvalue weighted by atomic mass is 19.1. The Morgan fingerprint density at radius 2 is 1.83 bits per heavy atom. The first kappa shape index (κ1) is 18.5. The zero-order valence-corrected chi connectivity index (χ0v) is 16.1. The van der Waals surface area contributed by atoms with E-state index < -0.39 is 12.3 Å². The monoisotopic (exact) mass is 405 g/mol. The summed E-state index contributed by atoms with van der Waals surface area (Å²) in [5.74, 6) is 0.388. The van der Waals surface area contributed by atoms with E-state index in [4.69, 9.17) is 4.74 Å². The molecule has 0 aliphatic heterocycles. The highest BCUT2D eigenvalue weighted by Gasteiger charge is 2.26.